The van der Waals surface area contributed by atoms with Crippen molar-refractivity contribution in [3.05, 3.63) is 48.5 Å². The molecule has 0 aliphatic heterocycles. The summed E-state index contributed by atoms with van der Waals surface area (Å²) in [4.78, 5) is 0. The van der Waals surface area contributed by atoms with E-state index in [1.165, 1.54) is 10.8 Å². The number of rotatable bonds is 0. The maximum atomic E-state index is 2.12. The van der Waals surface area contributed by atoms with Crippen LogP contribution in [0.4, 0.5) is 0 Å². The van der Waals surface area contributed by atoms with Crippen molar-refractivity contribution in [2.24, 2.45) is 0 Å². The first-order chi connectivity index (χ1) is 4.97. The molecule has 0 saturated carbocycles. The topological polar surface area (TPSA) is 0 Å². The van der Waals surface area contributed by atoms with E-state index in [1.54, 1.807) is 0 Å². The Kier molecular flexibility index (Phi) is 2.76. The number of fused-ring (bicyclic) bond motifs is 1. The van der Waals surface area contributed by atoms with Crippen molar-refractivity contribution in [2.75, 3.05) is 0 Å². The monoisotopic (exact) mass is 135 g/mol. The maximum absolute atomic E-state index is 2.12. The van der Waals surface area contributed by atoms with E-state index in [2.05, 4.69) is 48.5 Å². The number of benzene rings is 2. The molecule has 11 heavy (non-hydrogen) atoms. The molecule has 0 N–H and O–H groups in total. The SMILES string of the molecule is [Li].c1ccc2ccccc2c1. The Labute approximate surface area is 78.4 Å². The molecule has 0 saturated heterocycles. The molecule has 1 radical (unpaired) electrons. The molecule has 0 aliphatic carbocycles. The quantitative estimate of drug-likeness (QED) is 0.487. The van der Waals surface area contributed by atoms with Crippen molar-refractivity contribution in [3.8, 4) is 0 Å². The van der Waals surface area contributed by atoms with Gasteiger partial charge in [0.1, 0.15) is 0 Å². The Balaban J connectivity index is 0.000000605. The van der Waals surface area contributed by atoms with Crippen LogP contribution in [0, 0.1) is 0 Å². The van der Waals surface area contributed by atoms with Gasteiger partial charge in [-0.1, -0.05) is 48.5 Å². The van der Waals surface area contributed by atoms with Crippen molar-refractivity contribution in [3.63, 3.8) is 0 Å². The Morgan fingerprint density at radius 2 is 0.818 bits per heavy atom. The molecule has 0 aliphatic rings. The van der Waals surface area contributed by atoms with E-state index in [9.17, 15) is 0 Å². The van der Waals surface area contributed by atoms with Gasteiger partial charge in [-0.05, 0) is 10.8 Å². The first kappa shape index (κ1) is 8.39. The van der Waals surface area contributed by atoms with Gasteiger partial charge in [-0.25, -0.2) is 0 Å². The molecule has 0 amide bonds. The molecule has 0 aromatic heterocycles. The molecule has 49 valence electrons. The van der Waals surface area contributed by atoms with Crippen LogP contribution in [0.5, 0.6) is 0 Å². The maximum Gasteiger partial charge on any atom is 0 e. The molecule has 0 bridgehead atoms. The summed E-state index contributed by atoms with van der Waals surface area (Å²) in [5.41, 5.74) is 0. The zero-order chi connectivity index (χ0) is 6.81. The smallest absolute Gasteiger partial charge is 0 e. The summed E-state index contributed by atoms with van der Waals surface area (Å²) >= 11 is 0. The Bertz CT molecular complexity index is 276. The second kappa shape index (κ2) is 3.62. The van der Waals surface area contributed by atoms with Gasteiger partial charge in [-0.3, -0.25) is 0 Å². The fraction of sp³-hybridized carbons (Fsp3) is 0. The van der Waals surface area contributed by atoms with Gasteiger partial charge in [0.05, 0.1) is 0 Å². The van der Waals surface area contributed by atoms with Crippen LogP contribution < -0.4 is 0 Å². The average molecular weight is 135 g/mol. The minimum atomic E-state index is 0. The summed E-state index contributed by atoms with van der Waals surface area (Å²) in [5, 5.41) is 2.62. The van der Waals surface area contributed by atoms with Gasteiger partial charge >= 0.3 is 0 Å². The minimum absolute atomic E-state index is 0. The molecule has 2 rings (SSSR count). The van der Waals surface area contributed by atoms with Gasteiger partial charge in [0.2, 0.25) is 0 Å². The fourth-order valence-electron chi connectivity index (χ4n) is 1.13. The van der Waals surface area contributed by atoms with Gasteiger partial charge in [0.25, 0.3) is 0 Å². The first-order valence-electron chi connectivity index (χ1n) is 3.40. The van der Waals surface area contributed by atoms with E-state index in [0.29, 0.717) is 0 Å². The molecule has 0 fully saturated rings. The molecule has 0 heterocycles. The van der Waals surface area contributed by atoms with Gasteiger partial charge in [0.15, 0.2) is 0 Å². The second-order valence-electron chi connectivity index (χ2n) is 2.35. The zero-order valence-corrected chi connectivity index (χ0v) is 6.62. The minimum Gasteiger partial charge on any atom is -0.0616 e. The van der Waals surface area contributed by atoms with Crippen LogP contribution >= 0.6 is 0 Å². The van der Waals surface area contributed by atoms with E-state index in [4.69, 9.17) is 0 Å². The van der Waals surface area contributed by atoms with E-state index in [0.717, 1.165) is 0 Å². The van der Waals surface area contributed by atoms with E-state index in [-0.39, 0.29) is 18.9 Å². The van der Waals surface area contributed by atoms with E-state index in [1.807, 2.05) is 0 Å². The summed E-state index contributed by atoms with van der Waals surface area (Å²) in [5.74, 6) is 0. The summed E-state index contributed by atoms with van der Waals surface area (Å²) in [6, 6.07) is 16.7. The molecule has 2 aromatic carbocycles. The van der Waals surface area contributed by atoms with Crippen LogP contribution in [-0.2, 0) is 0 Å². The van der Waals surface area contributed by atoms with Crippen LogP contribution in [0.15, 0.2) is 48.5 Å². The normalized spacial score (nSPS) is 9.09. The van der Waals surface area contributed by atoms with Crippen molar-refractivity contribution >= 4 is 29.6 Å². The Morgan fingerprint density at radius 3 is 1.09 bits per heavy atom. The van der Waals surface area contributed by atoms with Gasteiger partial charge in [0, 0.05) is 18.9 Å². The molecule has 0 spiro atoms. The third kappa shape index (κ3) is 1.65. The van der Waals surface area contributed by atoms with Gasteiger partial charge in [-0.2, -0.15) is 0 Å². The Hall–Kier alpha value is -0.703. The second-order valence-corrected chi connectivity index (χ2v) is 2.35. The number of hydrogen-bond acceptors (Lipinski definition) is 0. The van der Waals surface area contributed by atoms with Crippen molar-refractivity contribution < 1.29 is 0 Å². The van der Waals surface area contributed by atoms with Crippen LogP contribution in [-0.4, -0.2) is 18.9 Å². The first-order valence-corrected chi connectivity index (χ1v) is 3.40. The summed E-state index contributed by atoms with van der Waals surface area (Å²) in [7, 11) is 0. The molecule has 0 unspecified atom stereocenters. The summed E-state index contributed by atoms with van der Waals surface area (Å²) in [6.45, 7) is 0. The fourth-order valence-corrected chi connectivity index (χ4v) is 1.13. The van der Waals surface area contributed by atoms with Gasteiger partial charge < -0.3 is 0 Å². The largest absolute Gasteiger partial charge is 0.0616 e. The predicted molar refractivity (Wildman–Crippen MR) is 49.7 cm³/mol. The molecular weight excluding hydrogens is 127 g/mol. The summed E-state index contributed by atoms with van der Waals surface area (Å²) < 4.78 is 0. The van der Waals surface area contributed by atoms with Crippen LogP contribution in [0.1, 0.15) is 0 Å². The molecular formula is C10H8Li. The third-order valence-corrected chi connectivity index (χ3v) is 1.66. The molecule has 0 nitrogen and oxygen atoms in total. The van der Waals surface area contributed by atoms with Crippen LogP contribution in [0.3, 0.4) is 0 Å². The third-order valence-electron chi connectivity index (χ3n) is 1.66. The molecule has 0 atom stereocenters. The zero-order valence-electron chi connectivity index (χ0n) is 6.62. The van der Waals surface area contributed by atoms with E-state index >= 15 is 0 Å². The van der Waals surface area contributed by atoms with Crippen molar-refractivity contribution in [2.45, 2.75) is 0 Å². The van der Waals surface area contributed by atoms with Gasteiger partial charge in [-0.15, -0.1) is 0 Å². The molecule has 2 aromatic rings. The average Bonchev–Trinajstić information content (AvgIpc) is 2.05. The predicted octanol–water partition coefficient (Wildman–Crippen LogP) is 2.46. The Morgan fingerprint density at radius 1 is 0.545 bits per heavy atom. The van der Waals surface area contributed by atoms with Crippen molar-refractivity contribution in [1.29, 1.82) is 0 Å². The van der Waals surface area contributed by atoms with Crippen LogP contribution in [0.25, 0.3) is 10.8 Å². The van der Waals surface area contributed by atoms with E-state index < -0.39 is 0 Å². The number of hydrogen-bond donors (Lipinski definition) is 0. The summed E-state index contributed by atoms with van der Waals surface area (Å²) in [6.07, 6.45) is 0. The molecule has 1 heteroatoms. The standard InChI is InChI=1S/C10H8.Li/c1-2-6-10-8-4-3-7-9(10)5-1;/h1-8H;. The van der Waals surface area contributed by atoms with Crippen LogP contribution in [0.2, 0.25) is 0 Å². The van der Waals surface area contributed by atoms with Crippen molar-refractivity contribution in [1.82, 2.24) is 0 Å².